The Labute approximate surface area is 139 Å². The summed E-state index contributed by atoms with van der Waals surface area (Å²) in [6.07, 6.45) is 7.32. The predicted octanol–water partition coefficient (Wildman–Crippen LogP) is 1.42. The number of aromatic amines is 1. The van der Waals surface area contributed by atoms with Crippen LogP contribution in [0.15, 0.2) is 23.1 Å². The van der Waals surface area contributed by atoms with Crippen LogP contribution in [-0.4, -0.2) is 37.5 Å². The van der Waals surface area contributed by atoms with Crippen LogP contribution in [0.3, 0.4) is 0 Å². The quantitative estimate of drug-likeness (QED) is 0.901. The molecular weight excluding hydrogens is 306 g/mol. The second-order valence-corrected chi connectivity index (χ2v) is 6.38. The molecule has 2 aromatic heterocycles. The number of carbonyl (C=O) groups excluding carboxylic acids is 1. The lowest BCUT2D eigenvalue weighted by atomic mass is 9.96. The van der Waals surface area contributed by atoms with Crippen molar-refractivity contribution in [3.05, 3.63) is 51.5 Å². The first-order chi connectivity index (χ1) is 11.7. The minimum atomic E-state index is -0.204. The molecule has 2 aromatic rings. The van der Waals surface area contributed by atoms with Crippen molar-refractivity contribution in [2.75, 3.05) is 6.54 Å². The lowest BCUT2D eigenvalue weighted by molar-refractivity contribution is 0.0722. The first-order valence-corrected chi connectivity index (χ1v) is 8.44. The van der Waals surface area contributed by atoms with Crippen LogP contribution in [-0.2, 0) is 12.8 Å². The first kappa shape index (κ1) is 15.0. The van der Waals surface area contributed by atoms with Gasteiger partial charge in [-0.1, -0.05) is 0 Å². The Morgan fingerprint density at radius 3 is 2.96 bits per heavy atom. The Kier molecular flexibility index (Phi) is 3.84. The molecule has 4 rings (SSSR count). The molecule has 3 heterocycles. The molecule has 1 aliphatic heterocycles. The number of hydrogen-bond donors (Lipinski definition) is 1. The molecule has 0 bridgehead atoms. The zero-order valence-electron chi connectivity index (χ0n) is 13.4. The summed E-state index contributed by atoms with van der Waals surface area (Å²) in [5.74, 6) is 0.407. The zero-order chi connectivity index (χ0) is 16.5. The molecule has 1 N–H and O–H groups in total. The number of amides is 1. The summed E-state index contributed by atoms with van der Waals surface area (Å²) in [5.41, 5.74) is 2.35. The summed E-state index contributed by atoms with van der Waals surface area (Å²) < 4.78 is 0. The summed E-state index contributed by atoms with van der Waals surface area (Å²) in [7, 11) is 0. The van der Waals surface area contributed by atoms with Gasteiger partial charge < -0.3 is 9.88 Å². The fraction of sp³-hybridized carbons (Fsp3) is 0.471. The second-order valence-electron chi connectivity index (χ2n) is 6.38. The Morgan fingerprint density at radius 1 is 1.21 bits per heavy atom. The molecule has 1 amide bonds. The second kappa shape index (κ2) is 6.14. The Bertz CT molecular complexity index is 832. The molecule has 1 fully saturated rings. The highest BCUT2D eigenvalue weighted by Gasteiger charge is 2.33. The standard InChI is InChI=1S/C17H19N5O2/c23-15-7-8-18-16(19-15)14-6-3-9-22(14)17(24)13-10-11-4-1-2-5-12(11)20-21-13/h7-8,10,14H,1-6,9H2,(H,18,19,23). The summed E-state index contributed by atoms with van der Waals surface area (Å²) in [4.78, 5) is 33.2. The van der Waals surface area contributed by atoms with Gasteiger partial charge >= 0.3 is 0 Å². The third-order valence-corrected chi connectivity index (χ3v) is 4.81. The molecule has 2 aliphatic rings. The molecule has 7 nitrogen and oxygen atoms in total. The van der Waals surface area contributed by atoms with Crippen molar-refractivity contribution in [3.63, 3.8) is 0 Å². The lowest BCUT2D eigenvalue weighted by Crippen LogP contribution is -2.33. The van der Waals surface area contributed by atoms with E-state index in [0.717, 1.165) is 49.8 Å². The van der Waals surface area contributed by atoms with E-state index >= 15 is 0 Å². The fourth-order valence-electron chi connectivity index (χ4n) is 3.59. The highest BCUT2D eigenvalue weighted by molar-refractivity contribution is 5.92. The largest absolute Gasteiger partial charge is 0.327 e. The minimum absolute atomic E-state index is 0.134. The van der Waals surface area contributed by atoms with E-state index in [4.69, 9.17) is 0 Å². The molecule has 7 heteroatoms. The summed E-state index contributed by atoms with van der Waals surface area (Å²) in [5, 5.41) is 8.40. The van der Waals surface area contributed by atoms with Crippen LogP contribution in [0.5, 0.6) is 0 Å². The number of hydrogen-bond acceptors (Lipinski definition) is 5. The highest BCUT2D eigenvalue weighted by Crippen LogP contribution is 2.30. The zero-order valence-corrected chi connectivity index (χ0v) is 13.4. The molecule has 0 spiro atoms. The van der Waals surface area contributed by atoms with Crippen molar-refractivity contribution in [2.45, 2.75) is 44.6 Å². The highest BCUT2D eigenvalue weighted by atomic mass is 16.2. The third-order valence-electron chi connectivity index (χ3n) is 4.81. The number of carbonyl (C=O) groups is 1. The van der Waals surface area contributed by atoms with Gasteiger partial charge in [0.15, 0.2) is 5.69 Å². The normalized spacial score (nSPS) is 20.0. The van der Waals surface area contributed by atoms with Gasteiger partial charge in [0.05, 0.1) is 11.7 Å². The van der Waals surface area contributed by atoms with Crippen LogP contribution in [0, 0.1) is 0 Å². The van der Waals surface area contributed by atoms with Gasteiger partial charge in [-0.25, -0.2) is 4.98 Å². The maximum atomic E-state index is 12.9. The number of aromatic nitrogens is 4. The van der Waals surface area contributed by atoms with E-state index in [9.17, 15) is 9.59 Å². The summed E-state index contributed by atoms with van der Waals surface area (Å²) in [6, 6.07) is 3.06. The van der Waals surface area contributed by atoms with Crippen molar-refractivity contribution in [2.24, 2.45) is 0 Å². The summed E-state index contributed by atoms with van der Waals surface area (Å²) in [6.45, 7) is 0.640. The van der Waals surface area contributed by atoms with Gasteiger partial charge in [0.1, 0.15) is 5.82 Å². The molecule has 24 heavy (non-hydrogen) atoms. The maximum absolute atomic E-state index is 12.9. The Hall–Kier alpha value is -2.57. The fourth-order valence-corrected chi connectivity index (χ4v) is 3.59. The van der Waals surface area contributed by atoms with E-state index in [1.807, 2.05) is 6.07 Å². The SMILES string of the molecule is O=C(c1cc2c(nn1)CCCC2)N1CCCC1c1nccc(=O)[nH]1. The van der Waals surface area contributed by atoms with Crippen molar-refractivity contribution in [1.82, 2.24) is 25.1 Å². The topological polar surface area (TPSA) is 91.8 Å². The number of likely N-dealkylation sites (tertiary alicyclic amines) is 1. The smallest absolute Gasteiger partial charge is 0.275 e. The van der Waals surface area contributed by atoms with Crippen molar-refractivity contribution in [1.29, 1.82) is 0 Å². The Balaban J connectivity index is 1.62. The van der Waals surface area contributed by atoms with Crippen LogP contribution in [0.1, 0.15) is 59.3 Å². The molecule has 0 radical (unpaired) electrons. The minimum Gasteiger partial charge on any atom is -0.327 e. The number of fused-ring (bicyclic) bond motifs is 1. The maximum Gasteiger partial charge on any atom is 0.275 e. The molecule has 1 aliphatic carbocycles. The van der Waals surface area contributed by atoms with Gasteiger partial charge in [-0.15, -0.1) is 5.10 Å². The van der Waals surface area contributed by atoms with Gasteiger partial charge in [-0.05, 0) is 50.2 Å². The van der Waals surface area contributed by atoms with E-state index < -0.39 is 0 Å². The lowest BCUT2D eigenvalue weighted by Gasteiger charge is -2.24. The molecule has 1 atom stereocenters. The van der Waals surface area contributed by atoms with Crippen LogP contribution >= 0.6 is 0 Å². The predicted molar refractivity (Wildman–Crippen MR) is 86.5 cm³/mol. The number of nitrogens with one attached hydrogen (secondary N) is 1. The van der Waals surface area contributed by atoms with Crippen LogP contribution in [0.2, 0.25) is 0 Å². The number of nitrogens with zero attached hydrogens (tertiary/aromatic N) is 4. The van der Waals surface area contributed by atoms with Gasteiger partial charge in [-0.3, -0.25) is 9.59 Å². The average molecular weight is 325 g/mol. The van der Waals surface area contributed by atoms with E-state index in [2.05, 4.69) is 20.2 Å². The molecule has 0 saturated carbocycles. The van der Waals surface area contributed by atoms with Gasteiger partial charge in [0.2, 0.25) is 0 Å². The van der Waals surface area contributed by atoms with Gasteiger partial charge in [-0.2, -0.15) is 5.10 Å². The monoisotopic (exact) mass is 325 g/mol. The average Bonchev–Trinajstić information content (AvgIpc) is 3.10. The first-order valence-electron chi connectivity index (χ1n) is 8.44. The van der Waals surface area contributed by atoms with Crippen molar-refractivity contribution < 1.29 is 4.79 Å². The molecule has 0 aromatic carbocycles. The van der Waals surface area contributed by atoms with Crippen molar-refractivity contribution >= 4 is 5.91 Å². The van der Waals surface area contributed by atoms with E-state index in [1.54, 1.807) is 4.90 Å². The summed E-state index contributed by atoms with van der Waals surface area (Å²) >= 11 is 0. The van der Waals surface area contributed by atoms with Gasteiger partial charge in [0.25, 0.3) is 11.5 Å². The third kappa shape index (κ3) is 2.70. The van der Waals surface area contributed by atoms with Crippen LogP contribution in [0.4, 0.5) is 0 Å². The number of rotatable bonds is 2. The molecular formula is C17H19N5O2. The number of aryl methyl sites for hydroxylation is 2. The van der Waals surface area contributed by atoms with Crippen LogP contribution < -0.4 is 5.56 Å². The molecule has 1 unspecified atom stereocenters. The van der Waals surface area contributed by atoms with Crippen molar-refractivity contribution in [3.8, 4) is 0 Å². The number of H-pyrrole nitrogens is 1. The van der Waals surface area contributed by atoms with Crippen LogP contribution in [0.25, 0.3) is 0 Å². The molecule has 1 saturated heterocycles. The van der Waals surface area contributed by atoms with E-state index in [-0.39, 0.29) is 17.5 Å². The van der Waals surface area contributed by atoms with E-state index in [1.165, 1.54) is 12.3 Å². The Morgan fingerprint density at radius 2 is 2.08 bits per heavy atom. The van der Waals surface area contributed by atoms with Gasteiger partial charge in [0, 0.05) is 18.8 Å². The van der Waals surface area contributed by atoms with E-state index in [0.29, 0.717) is 18.1 Å². The molecule has 124 valence electrons.